The predicted octanol–water partition coefficient (Wildman–Crippen LogP) is 2.81. The lowest BCUT2D eigenvalue weighted by atomic mass is 10.1. The zero-order valence-corrected chi connectivity index (χ0v) is 13.3. The summed E-state index contributed by atoms with van der Waals surface area (Å²) < 4.78 is 28.6. The zero-order chi connectivity index (χ0) is 17.1. The van der Waals surface area contributed by atoms with Crippen molar-refractivity contribution < 1.29 is 18.6 Å². The summed E-state index contributed by atoms with van der Waals surface area (Å²) in [6.07, 6.45) is 3.57. The molecule has 0 bridgehead atoms. The van der Waals surface area contributed by atoms with Crippen LogP contribution in [0, 0.1) is 0 Å². The molecule has 23 heavy (non-hydrogen) atoms. The van der Waals surface area contributed by atoms with Gasteiger partial charge in [-0.25, -0.2) is 0 Å². The summed E-state index contributed by atoms with van der Waals surface area (Å²) in [4.78, 5) is 4.05. The number of alkyl halides is 2. The zero-order valence-electron chi connectivity index (χ0n) is 13.3. The fraction of sp³-hybridized carbons (Fsp3) is 0.562. The van der Waals surface area contributed by atoms with Gasteiger partial charge >= 0.3 is 6.61 Å². The predicted molar refractivity (Wildman–Crippen MR) is 86.7 cm³/mol. The molecule has 0 spiro atoms. The van der Waals surface area contributed by atoms with Crippen molar-refractivity contribution in [3.05, 3.63) is 29.8 Å². The lowest BCUT2D eigenvalue weighted by Gasteiger charge is -2.11. The molecular weight excluding hydrogens is 304 g/mol. The van der Waals surface area contributed by atoms with Gasteiger partial charge < -0.3 is 20.9 Å². The molecule has 0 saturated heterocycles. The molecule has 0 radical (unpaired) electrons. The average molecular weight is 329 g/mol. The molecule has 1 unspecified atom stereocenters. The Bertz CT molecular complexity index is 484. The third-order valence-corrected chi connectivity index (χ3v) is 3.24. The second-order valence-electron chi connectivity index (χ2n) is 5.18. The number of rotatable bonds is 10. The summed E-state index contributed by atoms with van der Waals surface area (Å²) in [5.41, 5.74) is 6.16. The number of guanidine groups is 1. The smallest absolute Gasteiger partial charge is 0.387 e. The van der Waals surface area contributed by atoms with Crippen LogP contribution in [0.25, 0.3) is 0 Å². The first kappa shape index (κ1) is 19.2. The minimum atomic E-state index is -2.90. The molecule has 0 aromatic heterocycles. The molecule has 0 saturated carbocycles. The van der Waals surface area contributed by atoms with E-state index < -0.39 is 12.7 Å². The van der Waals surface area contributed by atoms with Crippen molar-refractivity contribution in [2.45, 2.75) is 45.3 Å². The van der Waals surface area contributed by atoms with Gasteiger partial charge in [-0.15, -0.1) is 0 Å². The van der Waals surface area contributed by atoms with Crippen molar-refractivity contribution in [2.75, 3.05) is 13.1 Å². The average Bonchev–Trinajstić information content (AvgIpc) is 2.52. The quantitative estimate of drug-likeness (QED) is 0.350. The van der Waals surface area contributed by atoms with E-state index in [9.17, 15) is 13.9 Å². The molecule has 1 aromatic rings. The Morgan fingerprint density at radius 1 is 1.35 bits per heavy atom. The van der Waals surface area contributed by atoms with Crippen LogP contribution in [-0.4, -0.2) is 30.8 Å². The second kappa shape index (κ2) is 10.8. The van der Waals surface area contributed by atoms with Gasteiger partial charge in [0.1, 0.15) is 5.75 Å². The summed E-state index contributed by atoms with van der Waals surface area (Å²) in [7, 11) is 0. The van der Waals surface area contributed by atoms with Gasteiger partial charge in [0.25, 0.3) is 0 Å². The number of unbranched alkanes of at least 4 members (excludes halogenated alkanes) is 3. The maximum atomic E-state index is 12.2. The van der Waals surface area contributed by atoms with Crippen LogP contribution >= 0.6 is 0 Å². The third kappa shape index (κ3) is 8.35. The minimum absolute atomic E-state index is 0.00236. The molecule has 4 N–H and O–H groups in total. The number of hydrogen-bond acceptors (Lipinski definition) is 3. The molecule has 0 aliphatic carbocycles. The number of aliphatic hydroxyl groups is 1. The van der Waals surface area contributed by atoms with E-state index in [-0.39, 0.29) is 18.3 Å². The molecule has 0 heterocycles. The van der Waals surface area contributed by atoms with Crippen LogP contribution in [0.3, 0.4) is 0 Å². The van der Waals surface area contributed by atoms with Crippen LogP contribution in [0.15, 0.2) is 29.3 Å². The Hall–Kier alpha value is -1.89. The van der Waals surface area contributed by atoms with Gasteiger partial charge in [0.15, 0.2) is 5.96 Å². The summed E-state index contributed by atoms with van der Waals surface area (Å²) in [5, 5.41) is 13.0. The second-order valence-corrected chi connectivity index (χ2v) is 5.18. The van der Waals surface area contributed by atoms with Crippen LogP contribution in [-0.2, 0) is 0 Å². The van der Waals surface area contributed by atoms with Crippen molar-refractivity contribution in [3.63, 3.8) is 0 Å². The van der Waals surface area contributed by atoms with Crippen LogP contribution in [0.4, 0.5) is 8.78 Å². The Labute approximate surface area is 135 Å². The molecule has 0 aliphatic heterocycles. The molecule has 5 nitrogen and oxygen atoms in total. The van der Waals surface area contributed by atoms with Gasteiger partial charge in [0.05, 0.1) is 12.6 Å². The summed E-state index contributed by atoms with van der Waals surface area (Å²) >= 11 is 0. The summed E-state index contributed by atoms with van der Waals surface area (Å²) in [6.45, 7) is 0.0362. The molecule has 1 atom stereocenters. The minimum Gasteiger partial charge on any atom is -0.435 e. The lowest BCUT2D eigenvalue weighted by molar-refractivity contribution is -0.0499. The monoisotopic (exact) mass is 329 g/mol. The van der Waals surface area contributed by atoms with Gasteiger partial charge in [0, 0.05) is 6.54 Å². The molecule has 0 fully saturated rings. The molecule has 130 valence electrons. The van der Waals surface area contributed by atoms with E-state index in [4.69, 9.17) is 5.73 Å². The van der Waals surface area contributed by atoms with E-state index >= 15 is 0 Å². The Kier molecular flexibility index (Phi) is 8.97. The van der Waals surface area contributed by atoms with E-state index in [0.717, 1.165) is 19.4 Å². The fourth-order valence-corrected chi connectivity index (χ4v) is 2.01. The largest absolute Gasteiger partial charge is 0.435 e. The highest BCUT2D eigenvalue weighted by Crippen LogP contribution is 2.21. The number of aliphatic hydroxyl groups excluding tert-OH is 1. The van der Waals surface area contributed by atoms with Crippen LogP contribution in [0.2, 0.25) is 0 Å². The van der Waals surface area contributed by atoms with E-state index in [1.165, 1.54) is 31.0 Å². The van der Waals surface area contributed by atoms with Crippen LogP contribution in [0.1, 0.15) is 44.3 Å². The number of halogens is 2. The number of nitrogens with one attached hydrogen (secondary N) is 1. The lowest BCUT2D eigenvalue weighted by Crippen LogP contribution is -2.32. The number of ether oxygens (including phenoxy) is 1. The van der Waals surface area contributed by atoms with E-state index in [0.29, 0.717) is 5.56 Å². The van der Waals surface area contributed by atoms with Gasteiger partial charge in [-0.1, -0.05) is 38.3 Å². The standard InChI is InChI=1S/C16H25F2N3O2/c1-2-3-4-5-9-20-16(19)21-11-14(22)12-7-6-8-13(10-12)23-15(17)18/h6-8,10,14-15,22H,2-5,9,11H2,1H3,(H3,19,20,21). The van der Waals surface area contributed by atoms with Crippen molar-refractivity contribution in [3.8, 4) is 5.75 Å². The Morgan fingerprint density at radius 2 is 2.13 bits per heavy atom. The fourth-order valence-electron chi connectivity index (χ4n) is 2.01. The van der Waals surface area contributed by atoms with Crippen molar-refractivity contribution >= 4 is 5.96 Å². The topological polar surface area (TPSA) is 79.9 Å². The maximum Gasteiger partial charge on any atom is 0.387 e. The van der Waals surface area contributed by atoms with Crippen molar-refractivity contribution in [1.82, 2.24) is 5.32 Å². The van der Waals surface area contributed by atoms with E-state index in [1.54, 1.807) is 6.07 Å². The number of aliphatic imine (C=N–C) groups is 1. The highest BCUT2D eigenvalue weighted by molar-refractivity contribution is 5.77. The Balaban J connectivity index is 2.42. The molecule has 7 heteroatoms. The first-order valence-electron chi connectivity index (χ1n) is 7.79. The normalized spacial score (nSPS) is 13.2. The molecule has 0 aliphatic rings. The number of nitrogens with two attached hydrogens (primary N) is 1. The van der Waals surface area contributed by atoms with Gasteiger partial charge in [-0.3, -0.25) is 4.99 Å². The van der Waals surface area contributed by atoms with Gasteiger partial charge in [-0.2, -0.15) is 8.78 Å². The Morgan fingerprint density at radius 3 is 2.83 bits per heavy atom. The third-order valence-electron chi connectivity index (χ3n) is 3.24. The number of hydrogen-bond donors (Lipinski definition) is 3. The molecule has 1 aromatic carbocycles. The highest BCUT2D eigenvalue weighted by Gasteiger charge is 2.10. The first-order chi connectivity index (χ1) is 11.0. The highest BCUT2D eigenvalue weighted by atomic mass is 19.3. The number of nitrogens with zero attached hydrogens (tertiary/aromatic N) is 1. The summed E-state index contributed by atoms with van der Waals surface area (Å²) in [6, 6.07) is 5.92. The van der Waals surface area contributed by atoms with Crippen molar-refractivity contribution in [2.24, 2.45) is 10.7 Å². The van der Waals surface area contributed by atoms with Crippen molar-refractivity contribution in [1.29, 1.82) is 0 Å². The first-order valence-corrected chi connectivity index (χ1v) is 7.79. The van der Waals surface area contributed by atoms with E-state index in [1.807, 2.05) is 0 Å². The summed E-state index contributed by atoms with van der Waals surface area (Å²) in [5.74, 6) is 0.267. The van der Waals surface area contributed by atoms with Gasteiger partial charge in [-0.05, 0) is 24.1 Å². The maximum absolute atomic E-state index is 12.2. The van der Waals surface area contributed by atoms with E-state index in [2.05, 4.69) is 22.0 Å². The molecule has 0 amide bonds. The SMILES string of the molecule is CCCCCCNC(N)=NCC(O)c1cccc(OC(F)F)c1. The molecular formula is C16H25F2N3O2. The van der Waals surface area contributed by atoms with Crippen LogP contribution in [0.5, 0.6) is 5.75 Å². The number of benzene rings is 1. The van der Waals surface area contributed by atoms with Crippen LogP contribution < -0.4 is 15.8 Å². The van der Waals surface area contributed by atoms with Gasteiger partial charge in [0.2, 0.25) is 0 Å². The molecule has 1 rings (SSSR count).